The molecule has 1 N–H and O–H groups in total. The Labute approximate surface area is 162 Å². The van der Waals surface area contributed by atoms with Crippen LogP contribution < -0.4 is 5.32 Å². The minimum atomic E-state index is -0.822. The third kappa shape index (κ3) is 2.10. The normalized spacial score (nSPS) is 33.8. The quantitative estimate of drug-likeness (QED) is 0.784. The summed E-state index contributed by atoms with van der Waals surface area (Å²) < 4.78 is 4.17. The number of benzene rings is 1. The van der Waals surface area contributed by atoms with Crippen molar-refractivity contribution in [2.24, 2.45) is 11.8 Å². The summed E-state index contributed by atoms with van der Waals surface area (Å²) in [4.78, 5) is 26.1. The molecule has 4 aliphatic rings. The Morgan fingerprint density at radius 2 is 1.96 bits per heavy atom. The van der Waals surface area contributed by atoms with Gasteiger partial charge >= 0.3 is 6.09 Å². The Bertz CT molecular complexity index is 778. The molecule has 0 aromatic heterocycles. The Morgan fingerprint density at radius 1 is 1.23 bits per heavy atom. The van der Waals surface area contributed by atoms with Gasteiger partial charge < -0.3 is 15.0 Å². The van der Waals surface area contributed by atoms with Crippen molar-refractivity contribution in [3.8, 4) is 0 Å². The van der Waals surface area contributed by atoms with Crippen LogP contribution >= 0.6 is 23.2 Å². The summed E-state index contributed by atoms with van der Waals surface area (Å²) in [5.41, 5.74) is 0.585. The molecule has 5 nitrogen and oxygen atoms in total. The molecular weight excluding hydrogens is 375 g/mol. The second-order valence-electron chi connectivity index (χ2n) is 8.13. The van der Waals surface area contributed by atoms with E-state index in [2.05, 4.69) is 17.4 Å². The van der Waals surface area contributed by atoms with Crippen molar-refractivity contribution >= 4 is 35.2 Å². The second-order valence-corrected chi connectivity index (χ2v) is 9.52. The number of piperidine rings is 1. The lowest BCUT2D eigenvalue weighted by Gasteiger charge is -2.44. The fourth-order valence-electron chi connectivity index (χ4n) is 5.27. The maximum absolute atomic E-state index is 12.9. The van der Waals surface area contributed by atoms with Crippen LogP contribution in [-0.2, 0) is 14.9 Å². The number of halogens is 2. The summed E-state index contributed by atoms with van der Waals surface area (Å²) in [6.45, 7) is 1.62. The van der Waals surface area contributed by atoms with E-state index in [4.69, 9.17) is 27.9 Å². The van der Waals surface area contributed by atoms with E-state index < -0.39 is 4.33 Å². The third-order valence-electron chi connectivity index (χ3n) is 6.79. The van der Waals surface area contributed by atoms with Crippen LogP contribution in [0.5, 0.6) is 0 Å². The van der Waals surface area contributed by atoms with Gasteiger partial charge in [-0.25, -0.2) is 4.79 Å². The number of hydrogen-bond acceptors (Lipinski definition) is 3. The summed E-state index contributed by atoms with van der Waals surface area (Å²) in [5, 5.41) is 2.84. The average molecular weight is 395 g/mol. The standard InChI is InChI=1S/C19H20Cl2N2O3/c20-19(21)14-10-23(7-6-18(14,19)13-4-2-1-3-5-13)15(24)12-8-17(9-12)11-26-16(25)22-17/h1-5,12,14H,6-11H2,(H,22,25). The van der Waals surface area contributed by atoms with Crippen molar-refractivity contribution in [2.75, 3.05) is 19.7 Å². The number of carbonyl (C=O) groups excluding carboxylic acids is 2. The topological polar surface area (TPSA) is 58.6 Å². The fourth-order valence-corrected chi connectivity index (χ4v) is 6.34. The van der Waals surface area contributed by atoms with Gasteiger partial charge in [0.2, 0.25) is 5.91 Å². The molecule has 2 unspecified atom stereocenters. The highest BCUT2D eigenvalue weighted by atomic mass is 35.5. The number of carbonyl (C=O) groups is 2. The first-order chi connectivity index (χ1) is 12.4. The molecule has 1 aromatic carbocycles. The van der Waals surface area contributed by atoms with Crippen molar-refractivity contribution in [1.82, 2.24) is 10.2 Å². The van der Waals surface area contributed by atoms with Gasteiger partial charge in [-0.05, 0) is 24.8 Å². The van der Waals surface area contributed by atoms with E-state index in [1.54, 1.807) is 0 Å². The fraction of sp³-hybridized carbons (Fsp3) is 0.579. The van der Waals surface area contributed by atoms with Gasteiger partial charge in [-0.15, -0.1) is 23.2 Å². The SMILES string of the molecule is O=C1NC2(CO1)CC(C(=O)N1CCC3(c4ccccc4)C(C1)C3(Cl)Cl)C2. The first-order valence-electron chi connectivity index (χ1n) is 9.05. The summed E-state index contributed by atoms with van der Waals surface area (Å²) in [7, 11) is 0. The van der Waals surface area contributed by atoms with E-state index in [-0.39, 0.29) is 34.8 Å². The number of nitrogens with zero attached hydrogens (tertiary/aromatic N) is 1. The molecule has 26 heavy (non-hydrogen) atoms. The Morgan fingerprint density at radius 3 is 2.58 bits per heavy atom. The predicted octanol–water partition coefficient (Wildman–Crippen LogP) is 2.85. The van der Waals surface area contributed by atoms with Crippen LogP contribution in [0, 0.1) is 11.8 Å². The molecule has 2 aliphatic heterocycles. The summed E-state index contributed by atoms with van der Waals surface area (Å²) in [6, 6.07) is 10.2. The highest BCUT2D eigenvalue weighted by molar-refractivity contribution is 6.52. The van der Waals surface area contributed by atoms with Crippen molar-refractivity contribution in [2.45, 2.75) is 34.5 Å². The molecule has 0 radical (unpaired) electrons. The molecule has 1 aromatic rings. The van der Waals surface area contributed by atoms with Crippen molar-refractivity contribution in [3.05, 3.63) is 35.9 Å². The summed E-state index contributed by atoms with van der Waals surface area (Å²) in [5.74, 6) is 0.150. The van der Waals surface area contributed by atoms with Crippen LogP contribution in [0.4, 0.5) is 4.79 Å². The molecule has 7 heteroatoms. The van der Waals surface area contributed by atoms with Crippen molar-refractivity contribution in [1.29, 1.82) is 0 Å². The zero-order valence-corrected chi connectivity index (χ0v) is 15.7. The van der Waals surface area contributed by atoms with Crippen LogP contribution in [0.3, 0.4) is 0 Å². The van der Waals surface area contributed by atoms with Gasteiger partial charge in [0.25, 0.3) is 0 Å². The minimum Gasteiger partial charge on any atom is -0.447 e. The van der Waals surface area contributed by atoms with Gasteiger partial charge in [-0.1, -0.05) is 30.3 Å². The lowest BCUT2D eigenvalue weighted by molar-refractivity contribution is -0.142. The highest BCUT2D eigenvalue weighted by Gasteiger charge is 2.77. The molecule has 2 heterocycles. The molecule has 2 aliphatic carbocycles. The van der Waals surface area contributed by atoms with Crippen molar-refractivity contribution < 1.29 is 14.3 Å². The zero-order chi connectivity index (χ0) is 18.2. The third-order valence-corrected chi connectivity index (χ3v) is 8.00. The number of likely N-dealkylation sites (tertiary alicyclic amines) is 1. The average Bonchev–Trinajstić information content (AvgIpc) is 2.89. The smallest absolute Gasteiger partial charge is 0.407 e. The van der Waals surface area contributed by atoms with Gasteiger partial charge in [-0.2, -0.15) is 0 Å². The molecule has 2 saturated heterocycles. The monoisotopic (exact) mass is 394 g/mol. The number of fused-ring (bicyclic) bond motifs is 1. The molecule has 5 rings (SSSR count). The van der Waals surface area contributed by atoms with E-state index in [1.807, 2.05) is 23.1 Å². The predicted molar refractivity (Wildman–Crippen MR) is 97.2 cm³/mol. The van der Waals surface area contributed by atoms with E-state index in [1.165, 1.54) is 0 Å². The maximum atomic E-state index is 12.9. The van der Waals surface area contributed by atoms with Crippen molar-refractivity contribution in [3.63, 3.8) is 0 Å². The van der Waals surface area contributed by atoms with Gasteiger partial charge in [0.15, 0.2) is 0 Å². The number of rotatable bonds is 2. The van der Waals surface area contributed by atoms with E-state index in [9.17, 15) is 9.59 Å². The number of amides is 2. The van der Waals surface area contributed by atoms with Crippen LogP contribution in [0.15, 0.2) is 30.3 Å². The highest BCUT2D eigenvalue weighted by Crippen LogP contribution is 2.72. The molecule has 1 spiro atoms. The number of alkyl halides is 2. The number of ether oxygens (including phenoxy) is 1. The number of hydrogen-bond donors (Lipinski definition) is 1. The molecule has 2 saturated carbocycles. The van der Waals surface area contributed by atoms with Crippen LogP contribution in [0.25, 0.3) is 0 Å². The van der Waals surface area contributed by atoms with Crippen LogP contribution in [0.2, 0.25) is 0 Å². The Balaban J connectivity index is 1.27. The lowest BCUT2D eigenvalue weighted by atomic mass is 9.68. The van der Waals surface area contributed by atoms with Gasteiger partial charge in [-0.3, -0.25) is 4.79 Å². The van der Waals surface area contributed by atoms with Gasteiger partial charge in [0.1, 0.15) is 10.9 Å². The maximum Gasteiger partial charge on any atom is 0.407 e. The Hall–Kier alpha value is -1.46. The minimum absolute atomic E-state index is 0.0555. The second kappa shape index (κ2) is 5.29. The van der Waals surface area contributed by atoms with Crippen LogP contribution in [0.1, 0.15) is 24.8 Å². The summed E-state index contributed by atoms with van der Waals surface area (Å²) in [6.07, 6.45) is 1.69. The molecule has 4 fully saturated rings. The largest absolute Gasteiger partial charge is 0.447 e. The first-order valence-corrected chi connectivity index (χ1v) is 9.81. The lowest BCUT2D eigenvalue weighted by Crippen LogP contribution is -2.58. The summed E-state index contributed by atoms with van der Waals surface area (Å²) >= 11 is 13.4. The van der Waals surface area contributed by atoms with Gasteiger partial charge in [0, 0.05) is 30.3 Å². The van der Waals surface area contributed by atoms with E-state index >= 15 is 0 Å². The molecule has 2 amide bonds. The molecule has 2 atom stereocenters. The number of nitrogens with one attached hydrogen (secondary N) is 1. The van der Waals surface area contributed by atoms with Crippen LogP contribution in [-0.4, -0.2) is 46.5 Å². The van der Waals surface area contributed by atoms with E-state index in [0.717, 1.165) is 12.0 Å². The number of alkyl carbamates (subject to hydrolysis) is 1. The first kappa shape index (κ1) is 16.7. The molecule has 138 valence electrons. The van der Waals surface area contributed by atoms with E-state index in [0.29, 0.717) is 32.5 Å². The number of cyclic esters (lactones) is 1. The van der Waals surface area contributed by atoms with Gasteiger partial charge in [0.05, 0.1) is 5.54 Å². The molecule has 0 bridgehead atoms. The zero-order valence-electron chi connectivity index (χ0n) is 14.2. The Kier molecular flexibility index (Phi) is 3.40. The molecular formula is C19H20Cl2N2O3.